The van der Waals surface area contributed by atoms with E-state index in [1.165, 1.54) is 24.3 Å². The van der Waals surface area contributed by atoms with Crippen LogP contribution >= 0.6 is 0 Å². The lowest BCUT2D eigenvalue weighted by molar-refractivity contribution is -0.00539. The van der Waals surface area contributed by atoms with Gasteiger partial charge >= 0.3 is 6.03 Å². The molecule has 3 N–H and O–H groups in total. The maximum absolute atomic E-state index is 14.6. The molecule has 0 aromatic heterocycles. The van der Waals surface area contributed by atoms with Crippen molar-refractivity contribution in [2.24, 2.45) is 0 Å². The lowest BCUT2D eigenvalue weighted by atomic mass is 10.1. The van der Waals surface area contributed by atoms with Crippen LogP contribution in [0.5, 0.6) is 0 Å². The Hall–Kier alpha value is -2.71. The van der Waals surface area contributed by atoms with Gasteiger partial charge in [0.15, 0.2) is 0 Å². The van der Waals surface area contributed by atoms with E-state index in [1.54, 1.807) is 18.2 Å². The number of amides is 2. The fraction of sp³-hybridized carbons (Fsp3) is 0.381. The second-order valence-electron chi connectivity index (χ2n) is 7.20. The Bertz CT molecular complexity index is 855. The summed E-state index contributed by atoms with van der Waals surface area (Å²) >= 11 is 0. The van der Waals surface area contributed by atoms with Crippen LogP contribution < -0.4 is 15.5 Å². The van der Waals surface area contributed by atoms with Gasteiger partial charge in [0.05, 0.1) is 24.0 Å². The number of hydrogen-bond acceptors (Lipinski definition) is 4. The van der Waals surface area contributed by atoms with Gasteiger partial charge in [-0.15, -0.1) is 0 Å². The third-order valence-electron chi connectivity index (χ3n) is 4.69. The molecule has 3 rings (SSSR count). The number of nitrogens with one attached hydrogen (secondary N) is 2. The Morgan fingerprint density at radius 2 is 1.86 bits per heavy atom. The third-order valence-corrected chi connectivity index (χ3v) is 4.69. The summed E-state index contributed by atoms with van der Waals surface area (Å²) < 4.78 is 33.9. The number of ether oxygens (including phenoxy) is 1. The van der Waals surface area contributed by atoms with Crippen LogP contribution in [0.2, 0.25) is 0 Å². The van der Waals surface area contributed by atoms with Gasteiger partial charge in [-0.1, -0.05) is 18.2 Å². The molecule has 0 radical (unpaired) electrons. The maximum Gasteiger partial charge on any atom is 0.319 e. The first kappa shape index (κ1) is 21.0. The van der Waals surface area contributed by atoms with Crippen LogP contribution in [-0.2, 0) is 4.74 Å². The van der Waals surface area contributed by atoms with Crippen LogP contribution in [0.4, 0.5) is 25.0 Å². The monoisotopic (exact) mass is 405 g/mol. The second-order valence-corrected chi connectivity index (χ2v) is 7.20. The number of halogens is 2. The van der Waals surface area contributed by atoms with Crippen molar-refractivity contribution >= 4 is 17.4 Å². The van der Waals surface area contributed by atoms with Crippen LogP contribution in [0.15, 0.2) is 42.5 Å². The van der Waals surface area contributed by atoms with E-state index in [9.17, 15) is 18.7 Å². The zero-order chi connectivity index (χ0) is 21.0. The zero-order valence-electron chi connectivity index (χ0n) is 16.4. The van der Waals surface area contributed by atoms with Gasteiger partial charge in [-0.3, -0.25) is 0 Å². The van der Waals surface area contributed by atoms with E-state index in [4.69, 9.17) is 4.74 Å². The van der Waals surface area contributed by atoms with E-state index >= 15 is 0 Å². The molecule has 6 nitrogen and oxygen atoms in total. The van der Waals surface area contributed by atoms with E-state index in [1.807, 2.05) is 18.7 Å². The Kier molecular flexibility index (Phi) is 6.66. The predicted molar refractivity (Wildman–Crippen MR) is 107 cm³/mol. The molecule has 0 aliphatic carbocycles. The highest BCUT2D eigenvalue weighted by atomic mass is 19.1. The molecule has 2 amide bonds. The molecule has 1 saturated heterocycles. The lowest BCUT2D eigenvalue weighted by Crippen LogP contribution is -2.45. The number of carbonyl (C=O) groups is 1. The van der Waals surface area contributed by atoms with Gasteiger partial charge in [-0.05, 0) is 38.1 Å². The normalized spacial score (nSPS) is 20.2. The number of hydrogen-bond donors (Lipinski definition) is 3. The molecule has 0 spiro atoms. The second kappa shape index (κ2) is 9.19. The molecule has 1 heterocycles. The van der Waals surface area contributed by atoms with Gasteiger partial charge in [-0.2, -0.15) is 0 Å². The molecule has 3 unspecified atom stereocenters. The van der Waals surface area contributed by atoms with Gasteiger partial charge in [0.2, 0.25) is 0 Å². The minimum atomic E-state index is -1.19. The standard InChI is InChI=1S/C21H25F2N3O3/c1-13-11-26(12-14(2)29-13)19-8-7-15(9-18(19)23)25-21(28)24-10-20(27)16-5-3-4-6-17(16)22/h3-9,13-14,20,27H,10-12H2,1-2H3,(H2,24,25,28). The highest BCUT2D eigenvalue weighted by Crippen LogP contribution is 2.26. The predicted octanol–water partition coefficient (Wildman–Crippen LogP) is 3.43. The molecule has 1 fully saturated rings. The first-order valence-electron chi connectivity index (χ1n) is 9.50. The summed E-state index contributed by atoms with van der Waals surface area (Å²) in [6.07, 6.45) is -1.18. The molecule has 1 aliphatic heterocycles. The highest BCUT2D eigenvalue weighted by molar-refractivity contribution is 5.89. The van der Waals surface area contributed by atoms with E-state index < -0.39 is 23.8 Å². The van der Waals surface area contributed by atoms with Gasteiger partial charge in [0.1, 0.15) is 11.6 Å². The van der Waals surface area contributed by atoms with Crippen molar-refractivity contribution in [2.45, 2.75) is 32.2 Å². The minimum absolute atomic E-state index is 0.00241. The number of aliphatic hydroxyl groups excluding tert-OH is 1. The molecule has 2 aromatic rings. The topological polar surface area (TPSA) is 73.8 Å². The summed E-state index contributed by atoms with van der Waals surface area (Å²) in [4.78, 5) is 14.0. The van der Waals surface area contributed by atoms with Crippen molar-refractivity contribution in [3.63, 3.8) is 0 Å². The first-order chi connectivity index (χ1) is 13.8. The first-order valence-corrected chi connectivity index (χ1v) is 9.50. The van der Waals surface area contributed by atoms with Crippen LogP contribution in [0.3, 0.4) is 0 Å². The Balaban J connectivity index is 1.57. The number of carbonyl (C=O) groups excluding carboxylic acids is 1. The van der Waals surface area contributed by atoms with Gasteiger partial charge in [0.25, 0.3) is 0 Å². The molecule has 1 aliphatic rings. The van der Waals surface area contributed by atoms with Crippen LogP contribution in [0.25, 0.3) is 0 Å². The maximum atomic E-state index is 14.6. The molecule has 8 heteroatoms. The molecule has 29 heavy (non-hydrogen) atoms. The molecular formula is C21H25F2N3O3. The number of rotatable bonds is 5. The van der Waals surface area contributed by atoms with Crippen molar-refractivity contribution < 1.29 is 23.4 Å². The number of nitrogens with zero attached hydrogens (tertiary/aromatic N) is 1. The number of morpholine rings is 1. The Labute approximate surface area is 168 Å². The van der Waals surface area contributed by atoms with Gasteiger partial charge in [-0.25, -0.2) is 13.6 Å². The van der Waals surface area contributed by atoms with Crippen molar-refractivity contribution in [3.8, 4) is 0 Å². The van der Waals surface area contributed by atoms with Crippen molar-refractivity contribution in [1.29, 1.82) is 0 Å². The van der Waals surface area contributed by atoms with E-state index in [0.29, 0.717) is 18.8 Å². The Morgan fingerprint density at radius 3 is 2.52 bits per heavy atom. The van der Waals surface area contributed by atoms with Gasteiger partial charge < -0.3 is 25.4 Å². The van der Waals surface area contributed by atoms with E-state index in [-0.39, 0.29) is 30.0 Å². The fourth-order valence-corrected chi connectivity index (χ4v) is 3.44. The number of benzene rings is 2. The quantitative estimate of drug-likeness (QED) is 0.713. The molecule has 2 aromatic carbocycles. The van der Waals surface area contributed by atoms with Crippen molar-refractivity contribution in [1.82, 2.24) is 5.32 Å². The van der Waals surface area contributed by atoms with Gasteiger partial charge in [0, 0.05) is 30.9 Å². The molecular weight excluding hydrogens is 380 g/mol. The average Bonchev–Trinajstić information content (AvgIpc) is 2.66. The van der Waals surface area contributed by atoms with Crippen LogP contribution in [0.1, 0.15) is 25.5 Å². The number of anilines is 2. The fourth-order valence-electron chi connectivity index (χ4n) is 3.44. The summed E-state index contributed by atoms with van der Waals surface area (Å²) in [5.74, 6) is -0.998. The molecule has 0 bridgehead atoms. The van der Waals surface area contributed by atoms with Crippen LogP contribution in [-0.4, -0.2) is 43.0 Å². The molecule has 3 atom stereocenters. The lowest BCUT2D eigenvalue weighted by Gasteiger charge is -2.37. The highest BCUT2D eigenvalue weighted by Gasteiger charge is 2.24. The largest absolute Gasteiger partial charge is 0.386 e. The summed E-state index contributed by atoms with van der Waals surface area (Å²) in [6, 6.07) is 9.64. The zero-order valence-corrected chi connectivity index (χ0v) is 16.4. The average molecular weight is 405 g/mol. The van der Waals surface area contributed by atoms with Crippen molar-refractivity contribution in [3.05, 3.63) is 59.7 Å². The molecule has 156 valence electrons. The third kappa shape index (κ3) is 5.42. The number of aliphatic hydroxyl groups is 1. The SMILES string of the molecule is CC1CN(c2ccc(NC(=O)NCC(O)c3ccccc3F)cc2F)CC(C)O1. The van der Waals surface area contributed by atoms with E-state index in [2.05, 4.69) is 10.6 Å². The summed E-state index contributed by atoms with van der Waals surface area (Å²) in [5.41, 5.74) is 0.823. The summed E-state index contributed by atoms with van der Waals surface area (Å²) in [7, 11) is 0. The molecule has 0 saturated carbocycles. The smallest absolute Gasteiger partial charge is 0.319 e. The minimum Gasteiger partial charge on any atom is -0.386 e. The summed E-state index contributed by atoms with van der Waals surface area (Å²) in [5, 5.41) is 15.0. The Morgan fingerprint density at radius 1 is 1.17 bits per heavy atom. The summed E-state index contributed by atoms with van der Waals surface area (Å²) in [6.45, 7) is 4.87. The van der Waals surface area contributed by atoms with E-state index in [0.717, 1.165) is 0 Å². The van der Waals surface area contributed by atoms with Crippen LogP contribution in [0, 0.1) is 11.6 Å². The van der Waals surface area contributed by atoms with Crippen molar-refractivity contribution in [2.75, 3.05) is 29.9 Å². The number of urea groups is 1.